The second kappa shape index (κ2) is 5.30. The van der Waals surface area contributed by atoms with Crippen LogP contribution in [-0.2, 0) is 6.42 Å². The zero-order valence-corrected chi connectivity index (χ0v) is 13.4. The van der Waals surface area contributed by atoms with E-state index in [0.717, 1.165) is 16.5 Å². The molecule has 0 atom stereocenters. The number of carbonyl (C=O) groups is 1. The predicted molar refractivity (Wildman–Crippen MR) is 80.9 cm³/mol. The first-order chi connectivity index (χ1) is 9.54. The largest absolute Gasteiger partial charge is 0.492 e. The number of rotatable bonds is 2. The van der Waals surface area contributed by atoms with Gasteiger partial charge in [-0.15, -0.1) is 0 Å². The molecule has 0 fully saturated rings. The average molecular weight is 400 g/mol. The highest BCUT2D eigenvalue weighted by Gasteiger charge is 2.23. The first kappa shape index (κ1) is 13.8. The Morgan fingerprint density at radius 3 is 2.60 bits per heavy atom. The molecule has 0 aromatic heterocycles. The van der Waals surface area contributed by atoms with Crippen molar-refractivity contribution < 1.29 is 13.9 Å². The maximum Gasteiger partial charge on any atom is 0.196 e. The molecule has 1 aliphatic rings. The third kappa shape index (κ3) is 2.52. The summed E-state index contributed by atoms with van der Waals surface area (Å²) >= 11 is 6.59. The quantitative estimate of drug-likeness (QED) is 0.694. The second-order valence-electron chi connectivity index (χ2n) is 4.53. The summed E-state index contributed by atoms with van der Waals surface area (Å²) in [5.41, 5.74) is 1.76. The van der Waals surface area contributed by atoms with E-state index in [4.69, 9.17) is 4.74 Å². The van der Waals surface area contributed by atoms with Crippen LogP contribution in [0.15, 0.2) is 39.3 Å². The van der Waals surface area contributed by atoms with Crippen LogP contribution in [0.5, 0.6) is 5.75 Å². The molecule has 0 amide bonds. The Morgan fingerprint density at radius 1 is 1.10 bits per heavy atom. The molecule has 20 heavy (non-hydrogen) atoms. The standard InChI is InChI=1S/C15H9Br2FO2/c16-10-4-9(5-12(18)6-10)14(19)13-7-11(17)3-8-1-2-20-15(8)13/h3-7H,1-2H2. The summed E-state index contributed by atoms with van der Waals surface area (Å²) in [6.07, 6.45) is 0.780. The molecule has 0 spiro atoms. The molecule has 0 unspecified atom stereocenters. The molecule has 0 saturated heterocycles. The summed E-state index contributed by atoms with van der Waals surface area (Å²) < 4.78 is 20.3. The van der Waals surface area contributed by atoms with Crippen LogP contribution in [0.4, 0.5) is 4.39 Å². The first-order valence-electron chi connectivity index (χ1n) is 6.00. The Hall–Kier alpha value is -1.20. The van der Waals surface area contributed by atoms with Crippen LogP contribution in [0.3, 0.4) is 0 Å². The molecule has 0 N–H and O–H groups in total. The minimum absolute atomic E-state index is 0.246. The van der Waals surface area contributed by atoms with Crippen molar-refractivity contribution in [3.8, 4) is 5.75 Å². The number of fused-ring (bicyclic) bond motifs is 1. The van der Waals surface area contributed by atoms with Crippen LogP contribution in [0.1, 0.15) is 21.5 Å². The third-order valence-corrected chi connectivity index (χ3v) is 4.03. The Balaban J connectivity index is 2.11. The van der Waals surface area contributed by atoms with Gasteiger partial charge in [0.2, 0.25) is 0 Å². The zero-order valence-electron chi connectivity index (χ0n) is 10.3. The molecule has 1 aliphatic heterocycles. The van der Waals surface area contributed by atoms with Crippen molar-refractivity contribution in [1.29, 1.82) is 0 Å². The van der Waals surface area contributed by atoms with Gasteiger partial charge in [0, 0.05) is 20.9 Å². The Kier molecular flexibility index (Phi) is 3.65. The lowest BCUT2D eigenvalue weighted by molar-refractivity contribution is 0.103. The van der Waals surface area contributed by atoms with E-state index in [1.807, 2.05) is 6.07 Å². The van der Waals surface area contributed by atoms with Gasteiger partial charge in [-0.2, -0.15) is 0 Å². The fourth-order valence-corrected chi connectivity index (χ4v) is 3.25. The molecule has 2 aromatic rings. The van der Waals surface area contributed by atoms with Crippen molar-refractivity contribution in [2.24, 2.45) is 0 Å². The molecule has 0 aliphatic carbocycles. The van der Waals surface area contributed by atoms with E-state index in [1.165, 1.54) is 12.1 Å². The Bertz CT molecular complexity index is 693. The van der Waals surface area contributed by atoms with Gasteiger partial charge < -0.3 is 4.74 Å². The van der Waals surface area contributed by atoms with E-state index in [1.54, 1.807) is 12.1 Å². The number of benzene rings is 2. The summed E-state index contributed by atoms with van der Waals surface area (Å²) in [7, 11) is 0. The zero-order chi connectivity index (χ0) is 14.3. The van der Waals surface area contributed by atoms with Crippen molar-refractivity contribution in [2.75, 3.05) is 6.61 Å². The SMILES string of the molecule is O=C(c1cc(F)cc(Br)c1)c1cc(Br)cc2c1OCC2. The predicted octanol–water partition coefficient (Wildman–Crippen LogP) is 4.52. The van der Waals surface area contributed by atoms with Gasteiger partial charge in [-0.25, -0.2) is 4.39 Å². The summed E-state index contributed by atoms with van der Waals surface area (Å²) in [6, 6.07) is 7.81. The molecular formula is C15H9Br2FO2. The van der Waals surface area contributed by atoms with Gasteiger partial charge in [0.25, 0.3) is 0 Å². The maximum absolute atomic E-state index is 13.4. The molecule has 0 saturated carbocycles. The Labute approximate surface area is 132 Å². The van der Waals surface area contributed by atoms with Gasteiger partial charge in [0.05, 0.1) is 12.2 Å². The molecule has 2 nitrogen and oxygen atoms in total. The van der Waals surface area contributed by atoms with E-state index in [-0.39, 0.29) is 5.78 Å². The first-order valence-corrected chi connectivity index (χ1v) is 7.59. The van der Waals surface area contributed by atoms with E-state index in [0.29, 0.717) is 28.0 Å². The van der Waals surface area contributed by atoms with Crippen LogP contribution in [0, 0.1) is 5.82 Å². The van der Waals surface area contributed by atoms with E-state index in [2.05, 4.69) is 31.9 Å². The number of carbonyl (C=O) groups excluding carboxylic acids is 1. The molecule has 0 bridgehead atoms. The van der Waals surface area contributed by atoms with Crippen molar-refractivity contribution in [1.82, 2.24) is 0 Å². The highest BCUT2D eigenvalue weighted by Crippen LogP contribution is 2.34. The Morgan fingerprint density at radius 2 is 1.85 bits per heavy atom. The highest BCUT2D eigenvalue weighted by atomic mass is 79.9. The van der Waals surface area contributed by atoms with Crippen molar-refractivity contribution in [3.63, 3.8) is 0 Å². The lowest BCUT2D eigenvalue weighted by Gasteiger charge is -2.09. The van der Waals surface area contributed by atoms with Gasteiger partial charge in [-0.3, -0.25) is 4.79 Å². The van der Waals surface area contributed by atoms with E-state index < -0.39 is 5.82 Å². The fourth-order valence-electron chi connectivity index (χ4n) is 2.28. The topological polar surface area (TPSA) is 26.3 Å². The molecular weight excluding hydrogens is 391 g/mol. The van der Waals surface area contributed by atoms with Crippen molar-refractivity contribution >= 4 is 37.6 Å². The lowest BCUT2D eigenvalue weighted by atomic mass is 10.00. The highest BCUT2D eigenvalue weighted by molar-refractivity contribution is 9.10. The molecule has 0 radical (unpaired) electrons. The lowest BCUT2D eigenvalue weighted by Crippen LogP contribution is -2.04. The fraction of sp³-hybridized carbons (Fsp3) is 0.133. The third-order valence-electron chi connectivity index (χ3n) is 3.12. The monoisotopic (exact) mass is 398 g/mol. The van der Waals surface area contributed by atoms with Gasteiger partial charge in [-0.05, 0) is 35.9 Å². The normalized spacial score (nSPS) is 12.9. The van der Waals surface area contributed by atoms with Crippen molar-refractivity contribution in [3.05, 3.63) is 61.8 Å². The number of hydrogen-bond acceptors (Lipinski definition) is 2. The van der Waals surface area contributed by atoms with Gasteiger partial charge >= 0.3 is 0 Å². The molecule has 102 valence electrons. The average Bonchev–Trinajstić information content (AvgIpc) is 2.83. The maximum atomic E-state index is 13.4. The number of halogens is 3. The number of ketones is 1. The summed E-state index contributed by atoms with van der Waals surface area (Å²) in [6.45, 7) is 0.568. The van der Waals surface area contributed by atoms with Crippen LogP contribution in [0.2, 0.25) is 0 Å². The summed E-state index contributed by atoms with van der Waals surface area (Å²) in [5, 5.41) is 0. The summed E-state index contributed by atoms with van der Waals surface area (Å²) in [4.78, 5) is 12.6. The summed E-state index contributed by atoms with van der Waals surface area (Å²) in [5.74, 6) is -0.0847. The van der Waals surface area contributed by atoms with Gasteiger partial charge in [0.1, 0.15) is 11.6 Å². The van der Waals surface area contributed by atoms with Crippen LogP contribution >= 0.6 is 31.9 Å². The number of ether oxygens (including phenoxy) is 1. The number of hydrogen-bond donors (Lipinski definition) is 0. The smallest absolute Gasteiger partial charge is 0.196 e. The molecule has 1 heterocycles. The minimum atomic E-state index is -0.449. The molecule has 5 heteroatoms. The van der Waals surface area contributed by atoms with Gasteiger partial charge in [-0.1, -0.05) is 31.9 Å². The molecule has 3 rings (SSSR count). The van der Waals surface area contributed by atoms with Crippen LogP contribution < -0.4 is 4.74 Å². The van der Waals surface area contributed by atoms with Crippen LogP contribution in [0.25, 0.3) is 0 Å². The van der Waals surface area contributed by atoms with Crippen LogP contribution in [-0.4, -0.2) is 12.4 Å². The van der Waals surface area contributed by atoms with E-state index in [9.17, 15) is 9.18 Å². The minimum Gasteiger partial charge on any atom is -0.492 e. The molecule has 2 aromatic carbocycles. The van der Waals surface area contributed by atoms with E-state index >= 15 is 0 Å². The second-order valence-corrected chi connectivity index (χ2v) is 6.36. The van der Waals surface area contributed by atoms with Gasteiger partial charge in [0.15, 0.2) is 5.78 Å². The van der Waals surface area contributed by atoms with Crippen molar-refractivity contribution in [2.45, 2.75) is 6.42 Å².